The maximum absolute atomic E-state index is 9.54. The molecule has 0 amide bonds. The molecule has 0 radical (unpaired) electrons. The molecule has 0 aliphatic heterocycles. The number of rotatable bonds is 4. The van der Waals surface area contributed by atoms with Gasteiger partial charge in [-0.15, -0.1) is 0 Å². The first-order valence-electron chi connectivity index (χ1n) is 5.41. The number of aliphatic hydroxyl groups excluding tert-OH is 1. The first kappa shape index (κ1) is 11.5. The fourth-order valence-corrected chi connectivity index (χ4v) is 1.51. The smallest absolute Gasteiger partial charge is 0.129 e. The minimum absolute atomic E-state index is 0.0919. The summed E-state index contributed by atoms with van der Waals surface area (Å²) in [5, 5.41) is 21.5. The summed E-state index contributed by atoms with van der Waals surface area (Å²) in [6.07, 6.45) is 0. The molecule has 0 aliphatic rings. The summed E-state index contributed by atoms with van der Waals surface area (Å²) < 4.78 is 5.33. The number of benzene rings is 1. The van der Waals surface area contributed by atoms with Crippen molar-refractivity contribution in [3.8, 4) is 5.75 Å². The number of phenolic OH excluding ortho intramolecular Hbond substituents is 1. The fraction of sp³-hybridized carbons (Fsp3) is 0.231. The number of nitrogens with one attached hydrogen (secondary N) is 1. The Kier molecular flexibility index (Phi) is 3.35. The highest BCUT2D eigenvalue weighted by Crippen LogP contribution is 2.21. The van der Waals surface area contributed by atoms with Gasteiger partial charge in [0.15, 0.2) is 0 Å². The van der Waals surface area contributed by atoms with E-state index in [9.17, 15) is 5.11 Å². The van der Waals surface area contributed by atoms with Gasteiger partial charge < -0.3 is 19.9 Å². The minimum atomic E-state index is -0.0919. The lowest BCUT2D eigenvalue weighted by Crippen LogP contribution is -1.97. The molecule has 2 aromatic rings. The molecular formula is C13H15NO3. The Balaban J connectivity index is 1.99. The van der Waals surface area contributed by atoms with E-state index in [4.69, 9.17) is 9.52 Å². The number of aryl methyl sites for hydroxylation is 1. The van der Waals surface area contributed by atoms with Crippen molar-refractivity contribution in [1.82, 2.24) is 0 Å². The van der Waals surface area contributed by atoms with E-state index in [1.807, 2.05) is 25.1 Å². The second-order valence-corrected chi connectivity index (χ2v) is 3.88. The maximum Gasteiger partial charge on any atom is 0.129 e. The Morgan fingerprint density at radius 1 is 1.18 bits per heavy atom. The fourth-order valence-electron chi connectivity index (χ4n) is 1.51. The van der Waals surface area contributed by atoms with Gasteiger partial charge in [-0.1, -0.05) is 6.07 Å². The van der Waals surface area contributed by atoms with Gasteiger partial charge in [0.1, 0.15) is 23.9 Å². The summed E-state index contributed by atoms with van der Waals surface area (Å²) in [6, 6.07) is 8.96. The van der Waals surface area contributed by atoms with Crippen molar-refractivity contribution in [2.45, 2.75) is 20.1 Å². The molecule has 90 valence electrons. The van der Waals surface area contributed by atoms with E-state index in [2.05, 4.69) is 5.32 Å². The van der Waals surface area contributed by atoms with E-state index in [-0.39, 0.29) is 12.4 Å². The average molecular weight is 233 g/mol. The topological polar surface area (TPSA) is 65.6 Å². The minimum Gasteiger partial charge on any atom is -0.508 e. The molecule has 0 saturated heterocycles. The third kappa shape index (κ3) is 2.79. The normalized spacial score (nSPS) is 10.5. The molecule has 0 aliphatic carbocycles. The van der Waals surface area contributed by atoms with E-state index in [1.165, 1.54) is 0 Å². The van der Waals surface area contributed by atoms with E-state index in [0.29, 0.717) is 12.3 Å². The molecule has 0 fully saturated rings. The Bertz CT molecular complexity index is 505. The van der Waals surface area contributed by atoms with Gasteiger partial charge in [0.05, 0.1) is 6.54 Å². The zero-order valence-corrected chi connectivity index (χ0v) is 9.60. The molecule has 4 heteroatoms. The highest BCUT2D eigenvalue weighted by Gasteiger charge is 2.02. The summed E-state index contributed by atoms with van der Waals surface area (Å²) in [5.41, 5.74) is 1.67. The number of anilines is 1. The van der Waals surface area contributed by atoms with Crippen LogP contribution in [0.3, 0.4) is 0 Å². The number of phenols is 1. The van der Waals surface area contributed by atoms with Crippen LogP contribution >= 0.6 is 0 Å². The average Bonchev–Trinajstić information content (AvgIpc) is 2.79. The van der Waals surface area contributed by atoms with Crippen LogP contribution in [0.5, 0.6) is 5.75 Å². The number of aliphatic hydroxyl groups is 1. The number of hydrogen-bond donors (Lipinski definition) is 3. The van der Waals surface area contributed by atoms with Gasteiger partial charge in [0, 0.05) is 11.8 Å². The summed E-state index contributed by atoms with van der Waals surface area (Å²) in [7, 11) is 0. The third-order valence-electron chi connectivity index (χ3n) is 2.55. The lowest BCUT2D eigenvalue weighted by molar-refractivity contribution is 0.244. The molecule has 1 heterocycles. The van der Waals surface area contributed by atoms with Crippen LogP contribution < -0.4 is 5.32 Å². The predicted octanol–water partition coefficient (Wildman–Crippen LogP) is 2.40. The maximum atomic E-state index is 9.54. The van der Waals surface area contributed by atoms with E-state index < -0.39 is 0 Å². The summed E-state index contributed by atoms with van der Waals surface area (Å²) in [6.45, 7) is 2.27. The SMILES string of the molecule is Cc1ccc(NCc2ccc(CO)o2)cc1O. The largest absolute Gasteiger partial charge is 0.508 e. The lowest BCUT2D eigenvalue weighted by atomic mass is 10.2. The van der Waals surface area contributed by atoms with Gasteiger partial charge in [-0.2, -0.15) is 0 Å². The quantitative estimate of drug-likeness (QED) is 0.758. The standard InChI is InChI=1S/C13H15NO3/c1-9-2-3-10(6-13(9)16)14-7-11-4-5-12(8-15)17-11/h2-6,14-16H,7-8H2,1H3. The molecule has 0 atom stereocenters. The number of furan rings is 1. The predicted molar refractivity (Wildman–Crippen MR) is 64.8 cm³/mol. The van der Waals surface area contributed by atoms with Crippen LogP contribution in [-0.4, -0.2) is 10.2 Å². The second kappa shape index (κ2) is 4.93. The van der Waals surface area contributed by atoms with Crippen molar-refractivity contribution >= 4 is 5.69 Å². The van der Waals surface area contributed by atoms with Crippen LogP contribution in [0.25, 0.3) is 0 Å². The molecule has 2 rings (SSSR count). The molecule has 17 heavy (non-hydrogen) atoms. The number of aromatic hydroxyl groups is 1. The lowest BCUT2D eigenvalue weighted by Gasteiger charge is -2.06. The molecule has 1 aromatic heterocycles. The molecule has 1 aromatic carbocycles. The van der Waals surface area contributed by atoms with Gasteiger partial charge in [-0.05, 0) is 30.7 Å². The highest BCUT2D eigenvalue weighted by molar-refractivity contribution is 5.50. The van der Waals surface area contributed by atoms with Crippen molar-refractivity contribution in [3.63, 3.8) is 0 Å². The highest BCUT2D eigenvalue weighted by atomic mass is 16.4. The Labute approximate surface area is 99.5 Å². The summed E-state index contributed by atoms with van der Waals surface area (Å²) >= 11 is 0. The van der Waals surface area contributed by atoms with Crippen LogP contribution in [0, 0.1) is 6.92 Å². The molecule has 0 spiro atoms. The van der Waals surface area contributed by atoms with Crippen LogP contribution in [0.2, 0.25) is 0 Å². The van der Waals surface area contributed by atoms with E-state index in [1.54, 1.807) is 12.1 Å². The van der Waals surface area contributed by atoms with Crippen LogP contribution in [0.15, 0.2) is 34.7 Å². The number of hydrogen-bond acceptors (Lipinski definition) is 4. The van der Waals surface area contributed by atoms with Gasteiger partial charge in [0.25, 0.3) is 0 Å². The van der Waals surface area contributed by atoms with Crippen molar-refractivity contribution in [2.24, 2.45) is 0 Å². The van der Waals surface area contributed by atoms with Crippen molar-refractivity contribution in [2.75, 3.05) is 5.32 Å². The van der Waals surface area contributed by atoms with Gasteiger partial charge in [-0.25, -0.2) is 0 Å². The van der Waals surface area contributed by atoms with Crippen LogP contribution in [-0.2, 0) is 13.2 Å². The van der Waals surface area contributed by atoms with Gasteiger partial charge in [-0.3, -0.25) is 0 Å². The Hall–Kier alpha value is -1.94. The molecule has 0 unspecified atom stereocenters. The van der Waals surface area contributed by atoms with Gasteiger partial charge in [0.2, 0.25) is 0 Å². The Morgan fingerprint density at radius 3 is 2.59 bits per heavy atom. The monoisotopic (exact) mass is 233 g/mol. The molecular weight excluding hydrogens is 218 g/mol. The summed E-state index contributed by atoms with van der Waals surface area (Å²) in [4.78, 5) is 0. The van der Waals surface area contributed by atoms with Gasteiger partial charge >= 0.3 is 0 Å². The van der Waals surface area contributed by atoms with E-state index >= 15 is 0 Å². The Morgan fingerprint density at radius 2 is 1.94 bits per heavy atom. The molecule has 0 bridgehead atoms. The molecule has 0 saturated carbocycles. The van der Waals surface area contributed by atoms with Crippen LogP contribution in [0.1, 0.15) is 17.1 Å². The zero-order valence-electron chi connectivity index (χ0n) is 9.60. The van der Waals surface area contributed by atoms with E-state index in [0.717, 1.165) is 17.0 Å². The van der Waals surface area contributed by atoms with Crippen molar-refractivity contribution in [3.05, 3.63) is 47.4 Å². The van der Waals surface area contributed by atoms with Crippen molar-refractivity contribution in [1.29, 1.82) is 0 Å². The van der Waals surface area contributed by atoms with Crippen molar-refractivity contribution < 1.29 is 14.6 Å². The molecule has 4 nitrogen and oxygen atoms in total. The molecule has 3 N–H and O–H groups in total. The first-order chi connectivity index (χ1) is 8.19. The van der Waals surface area contributed by atoms with Crippen LogP contribution in [0.4, 0.5) is 5.69 Å². The zero-order chi connectivity index (χ0) is 12.3. The third-order valence-corrected chi connectivity index (χ3v) is 2.55. The summed E-state index contributed by atoms with van der Waals surface area (Å²) in [5.74, 6) is 1.56. The second-order valence-electron chi connectivity index (χ2n) is 3.88. The first-order valence-corrected chi connectivity index (χ1v) is 5.41.